The fourth-order valence-electron chi connectivity index (χ4n) is 2.08. The third-order valence-electron chi connectivity index (χ3n) is 2.75. The molecule has 0 spiro atoms. The van der Waals surface area contributed by atoms with Gasteiger partial charge in [-0.3, -0.25) is 4.79 Å². The Bertz CT molecular complexity index is 168. The number of rotatable bonds is 3. The summed E-state index contributed by atoms with van der Waals surface area (Å²) in [5, 5.41) is 3.31. The molecule has 1 aliphatic rings. The van der Waals surface area contributed by atoms with Crippen LogP contribution < -0.4 is 5.32 Å². The average Bonchev–Trinajstić information content (AvgIpc) is 2.18. The first-order valence-corrected chi connectivity index (χ1v) is 5.08. The third-order valence-corrected chi connectivity index (χ3v) is 2.75. The predicted octanol–water partition coefficient (Wildman–Crippen LogP) is 1.47. The maximum absolute atomic E-state index is 11.6. The molecule has 1 fully saturated rings. The maximum Gasteiger partial charge on any atom is 0.326 e. The first-order valence-electron chi connectivity index (χ1n) is 5.08. The van der Waals surface area contributed by atoms with E-state index in [1.165, 1.54) is 13.5 Å². The number of methoxy groups -OCH3 is 1. The molecule has 0 aromatic heterocycles. The highest BCUT2D eigenvalue weighted by Crippen LogP contribution is 2.25. The lowest BCUT2D eigenvalue weighted by molar-refractivity contribution is -0.150. The molecule has 1 aliphatic heterocycles. The van der Waals surface area contributed by atoms with Crippen LogP contribution in [0.4, 0.5) is 0 Å². The number of piperidine rings is 1. The summed E-state index contributed by atoms with van der Waals surface area (Å²) < 4.78 is 4.84. The molecular weight excluding hydrogens is 166 g/mol. The Morgan fingerprint density at radius 2 is 2.31 bits per heavy atom. The molecule has 0 bridgehead atoms. The minimum absolute atomic E-state index is 0.0888. The summed E-state index contributed by atoms with van der Waals surface area (Å²) in [7, 11) is 1.47. The SMILES string of the molecule is CCC[C@]1(C(=O)OC)CCCCN1. The van der Waals surface area contributed by atoms with Crippen LogP contribution in [0.3, 0.4) is 0 Å². The lowest BCUT2D eigenvalue weighted by Gasteiger charge is -2.35. The largest absolute Gasteiger partial charge is 0.468 e. The fraction of sp³-hybridized carbons (Fsp3) is 0.900. The second-order valence-electron chi connectivity index (χ2n) is 3.71. The molecule has 1 heterocycles. The van der Waals surface area contributed by atoms with Crippen LogP contribution in [-0.2, 0) is 9.53 Å². The maximum atomic E-state index is 11.6. The van der Waals surface area contributed by atoms with E-state index in [2.05, 4.69) is 12.2 Å². The van der Waals surface area contributed by atoms with Crippen molar-refractivity contribution in [3.8, 4) is 0 Å². The highest BCUT2D eigenvalue weighted by Gasteiger charge is 2.39. The highest BCUT2D eigenvalue weighted by atomic mass is 16.5. The Morgan fingerprint density at radius 1 is 1.54 bits per heavy atom. The van der Waals surface area contributed by atoms with Gasteiger partial charge in [0, 0.05) is 0 Å². The highest BCUT2D eigenvalue weighted by molar-refractivity contribution is 5.80. The molecule has 13 heavy (non-hydrogen) atoms. The Kier molecular flexibility index (Phi) is 3.72. The van der Waals surface area contributed by atoms with Gasteiger partial charge in [-0.05, 0) is 32.2 Å². The zero-order chi connectivity index (χ0) is 9.73. The molecule has 0 aromatic carbocycles. The molecule has 0 saturated carbocycles. The zero-order valence-electron chi connectivity index (χ0n) is 8.56. The minimum atomic E-state index is -0.373. The molecule has 3 nitrogen and oxygen atoms in total. The number of nitrogens with one attached hydrogen (secondary N) is 1. The summed E-state index contributed by atoms with van der Waals surface area (Å²) in [5.74, 6) is -0.0888. The number of esters is 1. The van der Waals surface area contributed by atoms with Gasteiger partial charge in [-0.15, -0.1) is 0 Å². The number of carbonyl (C=O) groups excluding carboxylic acids is 1. The molecular formula is C10H19NO2. The van der Waals surface area contributed by atoms with Crippen LogP contribution in [0.5, 0.6) is 0 Å². The lowest BCUT2D eigenvalue weighted by atomic mass is 9.85. The van der Waals surface area contributed by atoms with Crippen LogP contribution in [0, 0.1) is 0 Å². The summed E-state index contributed by atoms with van der Waals surface area (Å²) in [6.07, 6.45) is 5.12. The van der Waals surface area contributed by atoms with Crippen molar-refractivity contribution < 1.29 is 9.53 Å². The van der Waals surface area contributed by atoms with Crippen molar-refractivity contribution >= 4 is 5.97 Å². The van der Waals surface area contributed by atoms with E-state index in [1.54, 1.807) is 0 Å². The van der Waals surface area contributed by atoms with Crippen molar-refractivity contribution in [2.45, 2.75) is 44.6 Å². The van der Waals surface area contributed by atoms with Crippen molar-refractivity contribution in [2.75, 3.05) is 13.7 Å². The number of ether oxygens (including phenoxy) is 1. The number of hydrogen-bond acceptors (Lipinski definition) is 3. The fourth-order valence-corrected chi connectivity index (χ4v) is 2.08. The number of hydrogen-bond donors (Lipinski definition) is 1. The van der Waals surface area contributed by atoms with E-state index in [9.17, 15) is 4.79 Å². The van der Waals surface area contributed by atoms with Crippen LogP contribution in [-0.4, -0.2) is 25.2 Å². The van der Waals surface area contributed by atoms with Crippen molar-refractivity contribution in [2.24, 2.45) is 0 Å². The molecule has 1 atom stereocenters. The number of carbonyl (C=O) groups is 1. The quantitative estimate of drug-likeness (QED) is 0.677. The summed E-state index contributed by atoms with van der Waals surface area (Å²) >= 11 is 0. The summed E-state index contributed by atoms with van der Waals surface area (Å²) in [4.78, 5) is 11.6. The van der Waals surface area contributed by atoms with E-state index in [-0.39, 0.29) is 11.5 Å². The lowest BCUT2D eigenvalue weighted by Crippen LogP contribution is -2.55. The van der Waals surface area contributed by atoms with E-state index >= 15 is 0 Å². The first kappa shape index (κ1) is 10.5. The van der Waals surface area contributed by atoms with Gasteiger partial charge in [-0.1, -0.05) is 13.3 Å². The van der Waals surface area contributed by atoms with Crippen molar-refractivity contribution in [3.63, 3.8) is 0 Å². The molecule has 1 saturated heterocycles. The van der Waals surface area contributed by atoms with E-state index < -0.39 is 0 Å². The van der Waals surface area contributed by atoms with Crippen molar-refractivity contribution in [1.29, 1.82) is 0 Å². The third kappa shape index (κ3) is 2.21. The smallest absolute Gasteiger partial charge is 0.326 e. The normalized spacial score (nSPS) is 28.5. The molecule has 76 valence electrons. The Morgan fingerprint density at radius 3 is 2.77 bits per heavy atom. The van der Waals surface area contributed by atoms with E-state index in [0.717, 1.165) is 32.2 Å². The average molecular weight is 185 g/mol. The summed E-state index contributed by atoms with van der Waals surface area (Å²) in [6.45, 7) is 3.04. The molecule has 1 N–H and O–H groups in total. The molecule has 0 aliphatic carbocycles. The van der Waals surface area contributed by atoms with Gasteiger partial charge in [0.15, 0.2) is 0 Å². The monoisotopic (exact) mass is 185 g/mol. The Balaban J connectivity index is 2.66. The van der Waals surface area contributed by atoms with Crippen molar-refractivity contribution in [1.82, 2.24) is 5.32 Å². The van der Waals surface area contributed by atoms with Crippen LogP contribution in [0.25, 0.3) is 0 Å². The molecule has 1 rings (SSSR count). The van der Waals surface area contributed by atoms with Gasteiger partial charge in [0.1, 0.15) is 5.54 Å². The van der Waals surface area contributed by atoms with Gasteiger partial charge in [0.2, 0.25) is 0 Å². The molecule has 0 radical (unpaired) electrons. The van der Waals surface area contributed by atoms with Gasteiger partial charge in [-0.25, -0.2) is 0 Å². The van der Waals surface area contributed by atoms with Crippen LogP contribution in [0.2, 0.25) is 0 Å². The van der Waals surface area contributed by atoms with E-state index in [1.807, 2.05) is 0 Å². The second-order valence-corrected chi connectivity index (χ2v) is 3.71. The van der Waals surface area contributed by atoms with Crippen molar-refractivity contribution in [3.05, 3.63) is 0 Å². The van der Waals surface area contributed by atoms with Crippen LogP contribution in [0.15, 0.2) is 0 Å². The molecule has 3 heteroatoms. The standard InChI is InChI=1S/C10H19NO2/c1-3-6-10(9(12)13-2)7-4-5-8-11-10/h11H,3-8H2,1-2H3/t10-/m1/s1. The van der Waals surface area contributed by atoms with Gasteiger partial charge in [0.05, 0.1) is 7.11 Å². The van der Waals surface area contributed by atoms with Gasteiger partial charge < -0.3 is 10.1 Å². The zero-order valence-corrected chi connectivity index (χ0v) is 8.56. The van der Waals surface area contributed by atoms with Gasteiger partial charge in [0.25, 0.3) is 0 Å². The molecule has 0 aromatic rings. The topological polar surface area (TPSA) is 38.3 Å². The van der Waals surface area contributed by atoms with Crippen LogP contribution in [0.1, 0.15) is 39.0 Å². The first-order chi connectivity index (χ1) is 6.25. The predicted molar refractivity (Wildman–Crippen MR) is 51.5 cm³/mol. The van der Waals surface area contributed by atoms with E-state index in [0.29, 0.717) is 0 Å². The minimum Gasteiger partial charge on any atom is -0.468 e. The molecule has 0 amide bonds. The summed E-state index contributed by atoms with van der Waals surface area (Å²) in [6, 6.07) is 0. The Labute approximate surface area is 79.8 Å². The Hall–Kier alpha value is -0.570. The van der Waals surface area contributed by atoms with Gasteiger partial charge >= 0.3 is 5.97 Å². The van der Waals surface area contributed by atoms with Crippen LogP contribution >= 0.6 is 0 Å². The van der Waals surface area contributed by atoms with E-state index in [4.69, 9.17) is 4.74 Å². The second kappa shape index (κ2) is 4.61. The van der Waals surface area contributed by atoms with Gasteiger partial charge in [-0.2, -0.15) is 0 Å². The molecule has 0 unspecified atom stereocenters. The summed E-state index contributed by atoms with van der Waals surface area (Å²) in [5.41, 5.74) is -0.373.